The Hall–Kier alpha value is -1.85. The van der Waals surface area contributed by atoms with Crippen molar-refractivity contribution in [2.75, 3.05) is 19.6 Å². The molecule has 134 valence electrons. The highest BCUT2D eigenvalue weighted by atomic mass is 32.2. The van der Waals surface area contributed by atoms with Crippen LogP contribution in [0.3, 0.4) is 0 Å². The number of carbonyl (C=O) groups is 1. The van der Waals surface area contributed by atoms with Gasteiger partial charge in [-0.1, -0.05) is 12.1 Å². The van der Waals surface area contributed by atoms with Crippen LogP contribution in [0.4, 0.5) is 4.39 Å². The quantitative estimate of drug-likeness (QED) is 0.539. The highest BCUT2D eigenvalue weighted by Gasteiger charge is 2.38. The van der Waals surface area contributed by atoms with E-state index in [2.05, 4.69) is 5.32 Å². The smallest absolute Gasteiger partial charge is 0.263 e. The van der Waals surface area contributed by atoms with E-state index in [1.54, 1.807) is 18.2 Å². The summed E-state index contributed by atoms with van der Waals surface area (Å²) in [5, 5.41) is 11.8. The molecule has 0 spiro atoms. The largest absolute Gasteiger partial charge is 0.313 e. The van der Waals surface area contributed by atoms with Crippen molar-refractivity contribution in [3.63, 3.8) is 0 Å². The molecular formula is C15H16FN3O4S2. The van der Waals surface area contributed by atoms with Crippen LogP contribution in [0.1, 0.15) is 0 Å². The summed E-state index contributed by atoms with van der Waals surface area (Å²) in [7, 11) is -3.90. The van der Waals surface area contributed by atoms with Crippen LogP contribution < -0.4 is 10.8 Å². The number of hydroxylamine groups is 1. The maximum atomic E-state index is 13.0. The Labute approximate surface area is 148 Å². The van der Waals surface area contributed by atoms with Crippen molar-refractivity contribution in [2.45, 2.75) is 10.3 Å². The van der Waals surface area contributed by atoms with Gasteiger partial charge >= 0.3 is 0 Å². The first-order valence-electron chi connectivity index (χ1n) is 7.46. The lowest BCUT2D eigenvalue weighted by atomic mass is 10.2. The molecule has 1 unspecified atom stereocenters. The number of hydrogen-bond acceptors (Lipinski definition) is 6. The molecule has 0 radical (unpaired) electrons. The second kappa shape index (κ2) is 7.18. The van der Waals surface area contributed by atoms with Crippen molar-refractivity contribution < 1.29 is 22.8 Å². The van der Waals surface area contributed by atoms with Gasteiger partial charge < -0.3 is 5.32 Å². The molecule has 0 aliphatic carbocycles. The summed E-state index contributed by atoms with van der Waals surface area (Å²) in [6.07, 6.45) is 0. The number of carbonyl (C=O) groups excluding carboxylic acids is 1. The second-order valence-electron chi connectivity index (χ2n) is 5.44. The van der Waals surface area contributed by atoms with Crippen molar-refractivity contribution in [1.82, 2.24) is 15.1 Å². The third-order valence-electron chi connectivity index (χ3n) is 3.88. The van der Waals surface area contributed by atoms with Gasteiger partial charge in [0, 0.05) is 24.5 Å². The zero-order valence-corrected chi connectivity index (χ0v) is 14.6. The van der Waals surface area contributed by atoms with Crippen molar-refractivity contribution in [1.29, 1.82) is 0 Å². The van der Waals surface area contributed by atoms with Crippen LogP contribution in [-0.4, -0.2) is 49.5 Å². The minimum Gasteiger partial charge on any atom is -0.313 e. The molecule has 0 saturated carbocycles. The zero-order valence-electron chi connectivity index (χ0n) is 13.0. The summed E-state index contributed by atoms with van der Waals surface area (Å²) in [6, 6.07) is 7.85. The highest BCUT2D eigenvalue weighted by molar-refractivity contribution is 7.91. The van der Waals surface area contributed by atoms with Crippen LogP contribution in [0.5, 0.6) is 0 Å². The summed E-state index contributed by atoms with van der Waals surface area (Å²) in [6.45, 7) is 0.636. The molecule has 0 bridgehead atoms. The second-order valence-corrected chi connectivity index (χ2v) is 8.64. The number of rotatable bonds is 4. The number of amides is 1. The first-order chi connectivity index (χ1) is 11.9. The molecule has 3 rings (SSSR count). The summed E-state index contributed by atoms with van der Waals surface area (Å²) in [5.41, 5.74) is 2.21. The summed E-state index contributed by atoms with van der Waals surface area (Å²) in [4.78, 5) is 12.5. The van der Waals surface area contributed by atoms with Gasteiger partial charge in [-0.2, -0.15) is 4.31 Å². The van der Waals surface area contributed by atoms with Crippen LogP contribution in [0.2, 0.25) is 0 Å². The molecule has 25 heavy (non-hydrogen) atoms. The number of sulfonamides is 1. The minimum absolute atomic E-state index is 0.0875. The molecule has 3 N–H and O–H groups in total. The molecule has 2 aromatic rings. The molecule has 1 atom stereocenters. The lowest BCUT2D eigenvalue weighted by Gasteiger charge is -2.33. The lowest BCUT2D eigenvalue weighted by molar-refractivity contribution is -0.133. The fourth-order valence-electron chi connectivity index (χ4n) is 2.62. The van der Waals surface area contributed by atoms with E-state index in [9.17, 15) is 17.6 Å². The normalized spacial score (nSPS) is 18.9. The molecule has 1 aliphatic rings. The van der Waals surface area contributed by atoms with Crippen LogP contribution in [0.25, 0.3) is 10.4 Å². The fourth-order valence-corrected chi connectivity index (χ4v) is 5.64. The Balaban J connectivity index is 1.91. The monoisotopic (exact) mass is 385 g/mol. The third-order valence-corrected chi connectivity index (χ3v) is 7.39. The van der Waals surface area contributed by atoms with Gasteiger partial charge in [0.1, 0.15) is 16.1 Å². The van der Waals surface area contributed by atoms with Crippen molar-refractivity contribution >= 4 is 27.3 Å². The fraction of sp³-hybridized carbons (Fsp3) is 0.267. The Morgan fingerprint density at radius 2 is 2.00 bits per heavy atom. The topological polar surface area (TPSA) is 98.7 Å². The van der Waals surface area contributed by atoms with E-state index in [0.29, 0.717) is 17.0 Å². The SMILES string of the molecule is O=C(NO)C1CNCCN1S(=O)(=O)c1ccc(-c2ccc(F)cc2)s1. The van der Waals surface area contributed by atoms with E-state index in [4.69, 9.17) is 5.21 Å². The van der Waals surface area contributed by atoms with E-state index in [-0.39, 0.29) is 23.1 Å². The lowest BCUT2D eigenvalue weighted by Crippen LogP contribution is -2.59. The molecule has 10 heteroatoms. The average Bonchev–Trinajstić information content (AvgIpc) is 3.12. The van der Waals surface area contributed by atoms with Gasteiger partial charge in [0.25, 0.3) is 15.9 Å². The Morgan fingerprint density at radius 3 is 2.68 bits per heavy atom. The Bertz CT molecular complexity index is 867. The minimum atomic E-state index is -3.90. The van der Waals surface area contributed by atoms with Crippen molar-refractivity contribution in [2.24, 2.45) is 0 Å². The average molecular weight is 385 g/mol. The van der Waals surface area contributed by atoms with Crippen LogP contribution in [0, 0.1) is 5.82 Å². The molecule has 2 heterocycles. The molecule has 1 saturated heterocycles. The number of thiophene rings is 1. The Kier molecular flexibility index (Phi) is 5.16. The standard InChI is InChI=1S/C15H16FN3O4S2/c16-11-3-1-10(2-4-11)13-5-6-14(24-13)25(22,23)19-8-7-17-9-12(19)15(20)18-21/h1-6,12,17,21H,7-9H2,(H,18,20). The zero-order chi connectivity index (χ0) is 18.0. The Morgan fingerprint density at radius 1 is 1.28 bits per heavy atom. The molecule has 7 nitrogen and oxygen atoms in total. The van der Waals surface area contributed by atoms with Gasteiger partial charge in [-0.05, 0) is 29.8 Å². The highest BCUT2D eigenvalue weighted by Crippen LogP contribution is 2.33. The summed E-state index contributed by atoms with van der Waals surface area (Å²) < 4.78 is 40.0. The van der Waals surface area contributed by atoms with E-state index in [0.717, 1.165) is 15.6 Å². The predicted octanol–water partition coefficient (Wildman–Crippen LogP) is 1.02. The first-order valence-corrected chi connectivity index (χ1v) is 9.71. The van der Waals surface area contributed by atoms with E-state index < -0.39 is 22.0 Å². The van der Waals surface area contributed by atoms with Gasteiger partial charge in [0.2, 0.25) is 0 Å². The van der Waals surface area contributed by atoms with E-state index in [1.165, 1.54) is 23.7 Å². The molecule has 1 fully saturated rings. The van der Waals surface area contributed by atoms with E-state index >= 15 is 0 Å². The number of halogens is 1. The molecule has 1 aromatic carbocycles. The van der Waals surface area contributed by atoms with Crippen LogP contribution >= 0.6 is 11.3 Å². The summed E-state index contributed by atoms with van der Waals surface area (Å²) >= 11 is 1.05. The number of nitrogens with zero attached hydrogens (tertiary/aromatic N) is 1. The number of hydrogen-bond donors (Lipinski definition) is 3. The predicted molar refractivity (Wildman–Crippen MR) is 90.2 cm³/mol. The molecule has 1 aromatic heterocycles. The molecule has 1 amide bonds. The number of benzene rings is 1. The van der Waals surface area contributed by atoms with E-state index in [1.807, 2.05) is 0 Å². The van der Waals surface area contributed by atoms with Gasteiger partial charge in [-0.25, -0.2) is 18.3 Å². The number of nitrogens with one attached hydrogen (secondary N) is 2. The maximum Gasteiger partial charge on any atom is 0.263 e. The molecular weight excluding hydrogens is 369 g/mol. The van der Waals surface area contributed by atoms with Gasteiger partial charge in [-0.15, -0.1) is 11.3 Å². The third kappa shape index (κ3) is 3.58. The van der Waals surface area contributed by atoms with Crippen molar-refractivity contribution in [3.05, 3.63) is 42.2 Å². The first kappa shape index (κ1) is 18.0. The molecule has 1 aliphatic heterocycles. The maximum absolute atomic E-state index is 13.0. The van der Waals surface area contributed by atoms with Gasteiger partial charge in [0.05, 0.1) is 0 Å². The van der Waals surface area contributed by atoms with Gasteiger partial charge in [-0.3, -0.25) is 10.0 Å². The van der Waals surface area contributed by atoms with Crippen molar-refractivity contribution in [3.8, 4) is 10.4 Å². The van der Waals surface area contributed by atoms with Crippen LogP contribution in [-0.2, 0) is 14.8 Å². The van der Waals surface area contributed by atoms with Crippen LogP contribution in [0.15, 0.2) is 40.6 Å². The van der Waals surface area contributed by atoms with Gasteiger partial charge in [0.15, 0.2) is 0 Å². The number of piperazine rings is 1. The summed E-state index contributed by atoms with van der Waals surface area (Å²) in [5.74, 6) is -1.15.